The number of carbonyl (C=O) groups is 2. The van der Waals surface area contributed by atoms with E-state index >= 15 is 0 Å². The van der Waals surface area contributed by atoms with Crippen LogP contribution in [0.15, 0.2) is 77.7 Å². The van der Waals surface area contributed by atoms with Crippen LogP contribution in [0, 0.1) is 0 Å². The number of hydrogen-bond donors (Lipinski definition) is 1. The zero-order chi connectivity index (χ0) is 30.2. The number of sulfonamides is 1. The Morgan fingerprint density at radius 2 is 1.61 bits per heavy atom. The van der Waals surface area contributed by atoms with E-state index in [0.717, 1.165) is 4.31 Å². The largest absolute Gasteiger partial charge is 0.497 e. The van der Waals surface area contributed by atoms with Gasteiger partial charge in [0.1, 0.15) is 18.3 Å². The molecule has 2 amide bonds. The molecule has 0 heterocycles. The van der Waals surface area contributed by atoms with E-state index in [1.165, 1.54) is 24.1 Å². The molecule has 0 radical (unpaired) electrons. The maximum atomic E-state index is 14.1. The zero-order valence-electron chi connectivity index (χ0n) is 23.5. The maximum Gasteiger partial charge on any atom is 0.264 e. The highest BCUT2D eigenvalue weighted by molar-refractivity contribution is 7.92. The van der Waals surface area contributed by atoms with Crippen molar-refractivity contribution in [2.45, 2.75) is 57.1 Å². The molecule has 220 valence electrons. The lowest BCUT2D eigenvalue weighted by molar-refractivity contribution is -0.140. The van der Waals surface area contributed by atoms with Crippen LogP contribution in [-0.4, -0.2) is 50.9 Å². The first-order valence-corrected chi connectivity index (χ1v) is 15.5. The summed E-state index contributed by atoms with van der Waals surface area (Å²) in [6.07, 6.45) is 1.01. The Morgan fingerprint density at radius 3 is 2.17 bits per heavy atom. The van der Waals surface area contributed by atoms with Crippen molar-refractivity contribution in [3.05, 3.63) is 88.4 Å². The molecule has 1 N–H and O–H groups in total. The number of amides is 2. The monoisotopic (exact) mass is 619 g/mol. The van der Waals surface area contributed by atoms with Crippen LogP contribution in [0.25, 0.3) is 0 Å². The van der Waals surface area contributed by atoms with Crippen molar-refractivity contribution >= 4 is 50.7 Å². The molecule has 0 aromatic heterocycles. The summed E-state index contributed by atoms with van der Waals surface area (Å²) in [5.74, 6) is -0.372. The Bertz CT molecular complexity index is 1440. The van der Waals surface area contributed by atoms with Crippen LogP contribution in [0.5, 0.6) is 5.75 Å². The summed E-state index contributed by atoms with van der Waals surface area (Å²) in [4.78, 5) is 28.9. The second kappa shape index (κ2) is 14.6. The van der Waals surface area contributed by atoms with E-state index in [2.05, 4.69) is 5.32 Å². The molecule has 0 bridgehead atoms. The van der Waals surface area contributed by atoms with Crippen molar-refractivity contribution in [2.75, 3.05) is 18.0 Å². The van der Waals surface area contributed by atoms with Gasteiger partial charge in [-0.1, -0.05) is 61.3 Å². The van der Waals surface area contributed by atoms with Crippen LogP contribution >= 0.6 is 23.2 Å². The minimum atomic E-state index is -4.16. The Balaban J connectivity index is 2.07. The molecule has 0 aliphatic rings. The molecule has 0 fully saturated rings. The van der Waals surface area contributed by atoms with Gasteiger partial charge in [0.15, 0.2) is 0 Å². The van der Waals surface area contributed by atoms with E-state index in [1.54, 1.807) is 67.6 Å². The van der Waals surface area contributed by atoms with Gasteiger partial charge in [0.05, 0.1) is 17.7 Å². The Hall–Kier alpha value is -3.27. The smallest absolute Gasteiger partial charge is 0.264 e. The minimum Gasteiger partial charge on any atom is -0.497 e. The molecule has 0 aliphatic heterocycles. The van der Waals surface area contributed by atoms with Crippen LogP contribution in [0.1, 0.15) is 39.2 Å². The lowest BCUT2D eigenvalue weighted by Crippen LogP contribution is -2.53. The SMILES string of the molecule is CC[C@@H](C)NC(=O)[C@@H](CC)N(Cc1ccc(Cl)cc1Cl)C(=O)CN(c1ccc(OC)cc1)S(=O)(=O)c1ccccc1. The number of anilines is 1. The van der Waals surface area contributed by atoms with Gasteiger partial charge < -0.3 is 15.0 Å². The Morgan fingerprint density at radius 1 is 0.951 bits per heavy atom. The summed E-state index contributed by atoms with van der Waals surface area (Å²) >= 11 is 12.5. The van der Waals surface area contributed by atoms with Crippen LogP contribution in [0.4, 0.5) is 5.69 Å². The molecule has 8 nitrogen and oxygen atoms in total. The number of benzene rings is 3. The number of rotatable bonds is 13. The third kappa shape index (κ3) is 8.15. The summed E-state index contributed by atoms with van der Waals surface area (Å²) in [5.41, 5.74) is 0.839. The van der Waals surface area contributed by atoms with Gasteiger partial charge in [0, 0.05) is 22.6 Å². The highest BCUT2D eigenvalue weighted by Crippen LogP contribution is 2.28. The fraction of sp³-hybridized carbons (Fsp3) is 0.333. The van der Waals surface area contributed by atoms with Gasteiger partial charge in [-0.25, -0.2) is 8.42 Å². The predicted molar refractivity (Wildman–Crippen MR) is 163 cm³/mol. The average molecular weight is 621 g/mol. The molecule has 41 heavy (non-hydrogen) atoms. The van der Waals surface area contributed by atoms with Crippen molar-refractivity contribution < 1.29 is 22.7 Å². The normalized spacial score (nSPS) is 12.7. The van der Waals surface area contributed by atoms with Crippen molar-refractivity contribution in [3.63, 3.8) is 0 Å². The first-order chi connectivity index (χ1) is 19.5. The van der Waals surface area contributed by atoms with Crippen LogP contribution in [-0.2, 0) is 26.2 Å². The van der Waals surface area contributed by atoms with Crippen LogP contribution in [0.2, 0.25) is 10.0 Å². The molecular formula is C30H35Cl2N3O5S. The second-order valence-corrected chi connectivity index (χ2v) is 12.2. The maximum absolute atomic E-state index is 14.1. The van der Waals surface area contributed by atoms with E-state index < -0.39 is 28.5 Å². The number of carbonyl (C=O) groups excluding carboxylic acids is 2. The fourth-order valence-electron chi connectivity index (χ4n) is 4.19. The van der Waals surface area contributed by atoms with Gasteiger partial charge in [0.2, 0.25) is 11.8 Å². The van der Waals surface area contributed by atoms with Gasteiger partial charge in [-0.05, 0) is 73.9 Å². The zero-order valence-corrected chi connectivity index (χ0v) is 25.8. The summed E-state index contributed by atoms with van der Waals surface area (Å²) in [5, 5.41) is 3.71. The summed E-state index contributed by atoms with van der Waals surface area (Å²) in [7, 11) is -2.66. The quantitative estimate of drug-likeness (QED) is 0.256. The molecule has 0 saturated heterocycles. The number of halogens is 2. The molecule has 3 aromatic carbocycles. The third-order valence-electron chi connectivity index (χ3n) is 6.71. The number of hydrogen-bond acceptors (Lipinski definition) is 5. The van der Waals surface area contributed by atoms with Gasteiger partial charge in [-0.2, -0.15) is 0 Å². The lowest BCUT2D eigenvalue weighted by atomic mass is 10.1. The molecule has 0 saturated carbocycles. The van der Waals surface area contributed by atoms with Crippen LogP contribution in [0.3, 0.4) is 0 Å². The van der Waals surface area contributed by atoms with Crippen molar-refractivity contribution in [1.82, 2.24) is 10.2 Å². The number of nitrogens with one attached hydrogen (secondary N) is 1. The van der Waals surface area contributed by atoms with Crippen LogP contribution < -0.4 is 14.4 Å². The molecule has 2 atom stereocenters. The summed E-state index contributed by atoms with van der Waals surface area (Å²) in [6.45, 7) is 5.05. The van der Waals surface area contributed by atoms with E-state index in [-0.39, 0.29) is 29.1 Å². The van der Waals surface area contributed by atoms with Gasteiger partial charge in [-0.3, -0.25) is 13.9 Å². The van der Waals surface area contributed by atoms with Crippen molar-refractivity contribution in [1.29, 1.82) is 0 Å². The highest BCUT2D eigenvalue weighted by Gasteiger charge is 2.34. The van der Waals surface area contributed by atoms with Gasteiger partial charge in [0.25, 0.3) is 10.0 Å². The first-order valence-electron chi connectivity index (χ1n) is 13.3. The fourth-order valence-corrected chi connectivity index (χ4v) is 6.09. The predicted octanol–water partition coefficient (Wildman–Crippen LogP) is 5.92. The first kappa shape index (κ1) is 32.2. The lowest BCUT2D eigenvalue weighted by Gasteiger charge is -2.34. The number of nitrogens with zero attached hydrogens (tertiary/aromatic N) is 2. The van der Waals surface area contributed by atoms with Crippen molar-refractivity contribution in [3.8, 4) is 5.75 Å². The second-order valence-electron chi connectivity index (χ2n) is 9.52. The third-order valence-corrected chi connectivity index (χ3v) is 9.09. The van der Waals surface area contributed by atoms with Gasteiger partial charge >= 0.3 is 0 Å². The van der Waals surface area contributed by atoms with E-state index in [9.17, 15) is 18.0 Å². The molecular weight excluding hydrogens is 585 g/mol. The van der Waals surface area contributed by atoms with Gasteiger partial charge in [-0.15, -0.1) is 0 Å². The standard InChI is InChI=1S/C30H35Cl2N3O5S/c1-5-21(3)33-30(37)28(6-2)34(19-22-12-13-23(31)18-27(22)32)29(36)20-35(24-14-16-25(40-4)17-15-24)41(38,39)26-10-8-7-9-11-26/h7-18,21,28H,5-6,19-20H2,1-4H3,(H,33,37)/t21-,28-/m1/s1. The Labute approximate surface area is 252 Å². The average Bonchev–Trinajstić information content (AvgIpc) is 2.97. The number of ether oxygens (including phenoxy) is 1. The molecule has 3 rings (SSSR count). The van der Waals surface area contributed by atoms with E-state index in [1.807, 2.05) is 13.8 Å². The summed E-state index contributed by atoms with van der Waals surface area (Å²) in [6, 6.07) is 18.2. The molecule has 0 aliphatic carbocycles. The van der Waals surface area contributed by atoms with E-state index in [0.29, 0.717) is 34.2 Å². The summed E-state index contributed by atoms with van der Waals surface area (Å²) < 4.78 is 34.0. The Kier molecular flexibility index (Phi) is 11.5. The molecule has 0 unspecified atom stereocenters. The van der Waals surface area contributed by atoms with Crippen molar-refractivity contribution in [2.24, 2.45) is 0 Å². The van der Waals surface area contributed by atoms with E-state index in [4.69, 9.17) is 27.9 Å². The minimum absolute atomic E-state index is 0.0247. The molecule has 0 spiro atoms. The molecule has 11 heteroatoms. The topological polar surface area (TPSA) is 96.0 Å². The number of methoxy groups -OCH3 is 1. The highest BCUT2D eigenvalue weighted by atomic mass is 35.5. The molecule has 3 aromatic rings.